The van der Waals surface area contributed by atoms with E-state index < -0.39 is 0 Å². The van der Waals surface area contributed by atoms with Crippen LogP contribution in [0.3, 0.4) is 0 Å². The molecule has 1 aromatic heterocycles. The third kappa shape index (κ3) is 3.19. The summed E-state index contributed by atoms with van der Waals surface area (Å²) in [5.74, 6) is 0. The highest BCUT2D eigenvalue weighted by Crippen LogP contribution is 2.40. The zero-order valence-electron chi connectivity index (χ0n) is 14.5. The predicted molar refractivity (Wildman–Crippen MR) is 119 cm³/mol. The van der Waals surface area contributed by atoms with Gasteiger partial charge in [-0.05, 0) is 66.2 Å². The lowest BCUT2D eigenvalue weighted by Crippen LogP contribution is -2.13. The normalized spacial score (nSPS) is 12.9. The zero-order valence-corrected chi connectivity index (χ0v) is 17.6. The number of hydrogen-bond acceptors (Lipinski definition) is 2. The third-order valence-electron chi connectivity index (χ3n) is 4.70. The molecular formula is C22H13Cl3N2S. The van der Waals surface area contributed by atoms with Gasteiger partial charge in [0.05, 0.1) is 11.4 Å². The van der Waals surface area contributed by atoms with Gasteiger partial charge in [0.2, 0.25) is 0 Å². The molecule has 4 aromatic rings. The van der Waals surface area contributed by atoms with Crippen LogP contribution in [0, 0.1) is 0 Å². The van der Waals surface area contributed by atoms with Crippen LogP contribution in [0.5, 0.6) is 0 Å². The average Bonchev–Trinajstić information content (AvgIpc) is 3.19. The van der Waals surface area contributed by atoms with Crippen LogP contribution in [-0.4, -0.2) is 4.57 Å². The summed E-state index contributed by atoms with van der Waals surface area (Å²) >= 11 is 20.0. The van der Waals surface area contributed by atoms with E-state index in [1.807, 2.05) is 60.7 Å². The van der Waals surface area contributed by atoms with E-state index in [0.717, 1.165) is 27.6 Å². The quantitative estimate of drug-likeness (QED) is 0.272. The Morgan fingerprint density at radius 2 is 1.43 bits per heavy atom. The Morgan fingerprint density at radius 3 is 2.14 bits per heavy atom. The lowest BCUT2D eigenvalue weighted by Gasteiger charge is -2.10. The summed E-state index contributed by atoms with van der Waals surface area (Å²) in [5.41, 5.74) is 5.50. The van der Waals surface area contributed by atoms with Gasteiger partial charge in [0.1, 0.15) is 0 Å². The first-order chi connectivity index (χ1) is 13.6. The number of rotatable bonds is 2. The summed E-state index contributed by atoms with van der Waals surface area (Å²) in [7, 11) is 0. The van der Waals surface area contributed by atoms with Gasteiger partial charge < -0.3 is 0 Å². The van der Waals surface area contributed by atoms with Gasteiger partial charge in [0.25, 0.3) is 0 Å². The molecule has 0 radical (unpaired) electrons. The van der Waals surface area contributed by atoms with Crippen molar-refractivity contribution in [2.24, 2.45) is 4.99 Å². The Balaban J connectivity index is 1.77. The van der Waals surface area contributed by atoms with Crippen molar-refractivity contribution in [1.82, 2.24) is 4.57 Å². The van der Waals surface area contributed by atoms with Crippen molar-refractivity contribution >= 4 is 51.8 Å². The van der Waals surface area contributed by atoms with E-state index in [1.54, 1.807) is 11.3 Å². The van der Waals surface area contributed by atoms with Gasteiger partial charge in [-0.25, -0.2) is 4.99 Å². The number of halogens is 3. The SMILES string of the molecule is Clc1ccc(N=c2sc3c(n2-c2ccc(Cl)cc2)-c2ccc(Cl)cc2C3)cc1. The average molecular weight is 444 g/mol. The molecule has 0 fully saturated rings. The van der Waals surface area contributed by atoms with Gasteiger partial charge in [-0.3, -0.25) is 4.57 Å². The summed E-state index contributed by atoms with van der Waals surface area (Å²) < 4.78 is 2.20. The largest absolute Gasteiger partial charge is 0.285 e. The predicted octanol–water partition coefficient (Wildman–Crippen LogP) is 7.30. The maximum atomic E-state index is 6.21. The first-order valence-corrected chi connectivity index (χ1v) is 10.6. The molecule has 0 saturated heterocycles. The van der Waals surface area contributed by atoms with Crippen LogP contribution in [0.25, 0.3) is 16.9 Å². The van der Waals surface area contributed by atoms with Crippen molar-refractivity contribution in [1.29, 1.82) is 0 Å². The highest BCUT2D eigenvalue weighted by atomic mass is 35.5. The monoisotopic (exact) mass is 442 g/mol. The highest BCUT2D eigenvalue weighted by Gasteiger charge is 2.26. The lowest BCUT2D eigenvalue weighted by atomic mass is 10.1. The van der Waals surface area contributed by atoms with Crippen LogP contribution in [0.15, 0.2) is 71.7 Å². The lowest BCUT2D eigenvalue weighted by molar-refractivity contribution is 1.01. The molecule has 1 aliphatic carbocycles. The molecule has 6 heteroatoms. The fourth-order valence-corrected chi connectivity index (χ4v) is 5.09. The Morgan fingerprint density at radius 1 is 0.786 bits per heavy atom. The zero-order chi connectivity index (χ0) is 19.3. The van der Waals surface area contributed by atoms with E-state index in [0.29, 0.717) is 10.0 Å². The molecule has 0 amide bonds. The molecule has 0 bridgehead atoms. The van der Waals surface area contributed by atoms with Crippen molar-refractivity contribution in [2.75, 3.05) is 0 Å². The molecule has 0 unspecified atom stereocenters. The molecule has 28 heavy (non-hydrogen) atoms. The third-order valence-corrected chi connectivity index (χ3v) is 6.48. The van der Waals surface area contributed by atoms with Gasteiger partial charge in [-0.15, -0.1) is 11.3 Å². The minimum atomic E-state index is 0.698. The van der Waals surface area contributed by atoms with Crippen LogP contribution in [-0.2, 0) is 6.42 Å². The molecule has 1 heterocycles. The standard InChI is InChI=1S/C22H13Cl3N2S/c23-14-1-6-17(7-2-14)26-22-27(18-8-3-15(24)4-9-18)21-19-10-5-16(25)11-13(19)12-20(21)28-22/h1-11H,12H2. The van der Waals surface area contributed by atoms with E-state index in [1.165, 1.54) is 21.7 Å². The molecule has 0 N–H and O–H groups in total. The molecule has 1 aliphatic rings. The van der Waals surface area contributed by atoms with Crippen molar-refractivity contribution in [2.45, 2.75) is 6.42 Å². The van der Waals surface area contributed by atoms with Crippen LogP contribution in [0.2, 0.25) is 15.1 Å². The summed E-state index contributed by atoms with van der Waals surface area (Å²) in [6.07, 6.45) is 0.861. The maximum Gasteiger partial charge on any atom is 0.195 e. The Labute approximate surface area is 181 Å². The molecule has 3 aromatic carbocycles. The molecular weight excluding hydrogens is 431 g/mol. The number of fused-ring (bicyclic) bond motifs is 3. The molecule has 138 valence electrons. The summed E-state index contributed by atoms with van der Waals surface area (Å²) in [6, 6.07) is 21.5. The molecule has 0 atom stereocenters. The van der Waals surface area contributed by atoms with Crippen LogP contribution >= 0.6 is 46.1 Å². The molecule has 5 rings (SSSR count). The first-order valence-electron chi connectivity index (χ1n) is 8.68. The maximum absolute atomic E-state index is 6.21. The Hall–Kier alpha value is -2.04. The van der Waals surface area contributed by atoms with Gasteiger partial charge in [-0.2, -0.15) is 0 Å². The molecule has 0 saturated carbocycles. The van der Waals surface area contributed by atoms with Gasteiger partial charge in [-0.1, -0.05) is 40.9 Å². The molecule has 2 nitrogen and oxygen atoms in total. The number of aromatic nitrogens is 1. The molecule has 0 spiro atoms. The van der Waals surface area contributed by atoms with Crippen molar-refractivity contribution in [3.63, 3.8) is 0 Å². The van der Waals surface area contributed by atoms with Crippen molar-refractivity contribution in [3.8, 4) is 16.9 Å². The summed E-state index contributed by atoms with van der Waals surface area (Å²) in [4.78, 5) is 7.09. The minimum absolute atomic E-state index is 0.698. The fourth-order valence-electron chi connectivity index (χ4n) is 3.46. The number of nitrogens with zero attached hydrogens (tertiary/aromatic N) is 2. The summed E-state index contributed by atoms with van der Waals surface area (Å²) in [6.45, 7) is 0. The van der Waals surface area contributed by atoms with Gasteiger partial charge >= 0.3 is 0 Å². The van der Waals surface area contributed by atoms with E-state index >= 15 is 0 Å². The Kier molecular flexibility index (Phi) is 4.56. The second kappa shape index (κ2) is 7.09. The van der Waals surface area contributed by atoms with Gasteiger partial charge in [0, 0.05) is 37.6 Å². The van der Waals surface area contributed by atoms with Crippen molar-refractivity contribution < 1.29 is 0 Å². The second-order valence-electron chi connectivity index (χ2n) is 6.53. The number of thiazole rings is 1. The van der Waals surface area contributed by atoms with E-state index in [4.69, 9.17) is 39.8 Å². The second-order valence-corrected chi connectivity index (χ2v) is 8.91. The smallest absolute Gasteiger partial charge is 0.195 e. The summed E-state index contributed by atoms with van der Waals surface area (Å²) in [5, 5.41) is 2.17. The van der Waals surface area contributed by atoms with E-state index in [-0.39, 0.29) is 0 Å². The van der Waals surface area contributed by atoms with Crippen LogP contribution in [0.1, 0.15) is 10.4 Å². The van der Waals surface area contributed by atoms with E-state index in [2.05, 4.69) is 10.6 Å². The van der Waals surface area contributed by atoms with Gasteiger partial charge in [0.15, 0.2) is 4.80 Å². The minimum Gasteiger partial charge on any atom is -0.285 e. The van der Waals surface area contributed by atoms with Crippen molar-refractivity contribution in [3.05, 3.63) is 97.0 Å². The van der Waals surface area contributed by atoms with Crippen LogP contribution in [0.4, 0.5) is 5.69 Å². The Bertz CT molecular complexity index is 1250. The first kappa shape index (κ1) is 18.0. The fraction of sp³-hybridized carbons (Fsp3) is 0.0455. The van der Waals surface area contributed by atoms with Crippen LogP contribution < -0.4 is 4.80 Å². The number of benzene rings is 3. The van der Waals surface area contributed by atoms with E-state index in [9.17, 15) is 0 Å². The molecule has 0 aliphatic heterocycles. The number of hydrogen-bond donors (Lipinski definition) is 0. The topological polar surface area (TPSA) is 17.3 Å². The highest BCUT2D eigenvalue weighted by molar-refractivity contribution is 7.09.